The highest BCUT2D eigenvalue weighted by molar-refractivity contribution is 6.04. The molecule has 4 aromatic rings. The van der Waals surface area contributed by atoms with Crippen LogP contribution in [0.1, 0.15) is 22.8 Å². The van der Waals surface area contributed by atoms with E-state index >= 15 is 0 Å². The van der Waals surface area contributed by atoms with Gasteiger partial charge in [0, 0.05) is 30.4 Å². The lowest BCUT2D eigenvalue weighted by Gasteiger charge is -2.13. The van der Waals surface area contributed by atoms with Gasteiger partial charge in [0.1, 0.15) is 23.7 Å². The van der Waals surface area contributed by atoms with Crippen LogP contribution < -0.4 is 11.1 Å². The predicted molar refractivity (Wildman–Crippen MR) is 121 cm³/mol. The lowest BCUT2D eigenvalue weighted by molar-refractivity contribution is 0.102. The monoisotopic (exact) mass is 444 g/mol. The van der Waals surface area contributed by atoms with Crippen molar-refractivity contribution in [2.24, 2.45) is 0 Å². The molecular weight excluding hydrogens is 424 g/mol. The van der Waals surface area contributed by atoms with Crippen LogP contribution in [0.15, 0.2) is 55.0 Å². The van der Waals surface area contributed by atoms with Crippen molar-refractivity contribution in [1.82, 2.24) is 29.6 Å². The zero-order valence-corrected chi connectivity index (χ0v) is 17.4. The van der Waals surface area contributed by atoms with Crippen LogP contribution in [-0.4, -0.2) is 59.8 Å². The minimum atomic E-state index is -0.956. The molecule has 1 atom stereocenters. The Morgan fingerprint density at radius 1 is 1.09 bits per heavy atom. The summed E-state index contributed by atoms with van der Waals surface area (Å²) in [6.07, 6.45) is 2.64. The number of fused-ring (bicyclic) bond motifs is 1. The molecule has 0 bridgehead atoms. The number of pyridine rings is 1. The first-order valence-corrected chi connectivity index (χ1v) is 10.3. The van der Waals surface area contributed by atoms with E-state index in [2.05, 4.69) is 20.3 Å². The Morgan fingerprint density at radius 3 is 2.61 bits per heavy atom. The van der Waals surface area contributed by atoms with Gasteiger partial charge in [0.05, 0.1) is 11.4 Å². The summed E-state index contributed by atoms with van der Waals surface area (Å²) < 4.78 is 1.73. The third-order valence-corrected chi connectivity index (χ3v) is 5.62. The summed E-state index contributed by atoms with van der Waals surface area (Å²) in [4.78, 5) is 37.8. The highest BCUT2D eigenvalue weighted by atomic mass is 16.4. The van der Waals surface area contributed by atoms with E-state index in [-0.39, 0.29) is 17.8 Å². The maximum Gasteiger partial charge on any atom is 0.407 e. The highest BCUT2D eigenvalue weighted by Crippen LogP contribution is 2.34. The average molecular weight is 444 g/mol. The number of rotatable bonds is 4. The van der Waals surface area contributed by atoms with Gasteiger partial charge in [-0.2, -0.15) is 5.10 Å². The number of nitrogen functional groups attached to an aromatic ring is 1. The van der Waals surface area contributed by atoms with Crippen LogP contribution in [0, 0.1) is 0 Å². The standard InChI is InChI=1S/C22H20N8O3/c23-19-17-18(13-4-6-14(7-5-13)21(31)27-16-3-1-2-9-24-16)28-30(20(17)26-12-25-19)15-8-10-29(11-15)22(32)33/h1-7,9,12,15H,8,10-11H2,(H,32,33)(H2,23,25,26)(H,24,27,31). The fraction of sp³-hybridized carbons (Fsp3) is 0.182. The van der Waals surface area contributed by atoms with Crippen molar-refractivity contribution in [2.75, 3.05) is 24.1 Å². The number of nitrogens with zero attached hydrogens (tertiary/aromatic N) is 6. The molecule has 11 heteroatoms. The molecule has 166 valence electrons. The minimum absolute atomic E-state index is 0.157. The van der Waals surface area contributed by atoms with Crippen LogP contribution in [0.4, 0.5) is 16.4 Å². The molecule has 2 amide bonds. The van der Waals surface area contributed by atoms with Crippen molar-refractivity contribution in [2.45, 2.75) is 12.5 Å². The number of anilines is 2. The van der Waals surface area contributed by atoms with Gasteiger partial charge in [0.15, 0.2) is 5.65 Å². The number of nitrogens with one attached hydrogen (secondary N) is 1. The van der Waals surface area contributed by atoms with Gasteiger partial charge >= 0.3 is 6.09 Å². The van der Waals surface area contributed by atoms with Crippen molar-refractivity contribution >= 4 is 34.7 Å². The number of aromatic nitrogens is 5. The van der Waals surface area contributed by atoms with Crippen LogP contribution >= 0.6 is 0 Å². The molecule has 1 unspecified atom stereocenters. The van der Waals surface area contributed by atoms with E-state index < -0.39 is 6.09 Å². The smallest absolute Gasteiger partial charge is 0.407 e. The molecule has 1 fully saturated rings. The normalized spacial score (nSPS) is 15.6. The third-order valence-electron chi connectivity index (χ3n) is 5.62. The number of amides is 2. The Balaban J connectivity index is 1.47. The predicted octanol–water partition coefficient (Wildman–Crippen LogP) is 2.65. The van der Waals surface area contributed by atoms with Crippen LogP contribution in [-0.2, 0) is 0 Å². The number of nitrogens with two attached hydrogens (primary N) is 1. The van der Waals surface area contributed by atoms with Crippen molar-refractivity contribution in [3.63, 3.8) is 0 Å². The highest BCUT2D eigenvalue weighted by Gasteiger charge is 2.30. The molecule has 1 aliphatic rings. The fourth-order valence-corrected chi connectivity index (χ4v) is 3.97. The van der Waals surface area contributed by atoms with E-state index in [0.717, 1.165) is 5.56 Å². The maximum atomic E-state index is 12.5. The number of hydrogen-bond acceptors (Lipinski definition) is 7. The summed E-state index contributed by atoms with van der Waals surface area (Å²) in [6, 6.07) is 12.1. The van der Waals surface area contributed by atoms with E-state index in [1.807, 2.05) is 0 Å². The van der Waals surface area contributed by atoms with Gasteiger partial charge < -0.3 is 21.1 Å². The van der Waals surface area contributed by atoms with E-state index in [9.17, 15) is 14.7 Å². The van der Waals surface area contributed by atoms with Gasteiger partial charge in [0.2, 0.25) is 0 Å². The van der Waals surface area contributed by atoms with Crippen molar-refractivity contribution in [3.05, 3.63) is 60.6 Å². The summed E-state index contributed by atoms with van der Waals surface area (Å²) in [6.45, 7) is 0.749. The molecular formula is C22H20N8O3. The number of hydrogen-bond donors (Lipinski definition) is 3. The SMILES string of the molecule is Nc1ncnc2c1c(-c1ccc(C(=O)Nc3ccccn3)cc1)nn2C1CCN(C(=O)O)C1. The first-order chi connectivity index (χ1) is 16.0. The van der Waals surface area contributed by atoms with Crippen LogP contribution in [0.25, 0.3) is 22.3 Å². The Kier molecular flexibility index (Phi) is 5.05. The number of carbonyl (C=O) groups excluding carboxylic acids is 1. The fourth-order valence-electron chi connectivity index (χ4n) is 3.97. The van der Waals surface area contributed by atoms with Gasteiger partial charge in [-0.3, -0.25) is 4.79 Å². The molecule has 1 aromatic carbocycles. The largest absolute Gasteiger partial charge is 0.465 e. The van der Waals surface area contributed by atoms with Crippen LogP contribution in [0.2, 0.25) is 0 Å². The van der Waals surface area contributed by atoms with Gasteiger partial charge in [-0.1, -0.05) is 18.2 Å². The zero-order chi connectivity index (χ0) is 22.9. The van der Waals surface area contributed by atoms with Crippen molar-refractivity contribution in [1.29, 1.82) is 0 Å². The van der Waals surface area contributed by atoms with Gasteiger partial charge in [-0.25, -0.2) is 24.4 Å². The molecule has 4 heterocycles. The summed E-state index contributed by atoms with van der Waals surface area (Å²) in [5.41, 5.74) is 8.49. The molecule has 5 rings (SSSR count). The summed E-state index contributed by atoms with van der Waals surface area (Å²) in [7, 11) is 0. The molecule has 0 radical (unpaired) electrons. The van der Waals surface area contributed by atoms with Gasteiger partial charge in [0.25, 0.3) is 5.91 Å². The average Bonchev–Trinajstić information content (AvgIpc) is 3.46. The van der Waals surface area contributed by atoms with E-state index in [0.29, 0.717) is 47.6 Å². The Morgan fingerprint density at radius 2 is 1.91 bits per heavy atom. The van der Waals surface area contributed by atoms with Crippen LogP contribution in [0.5, 0.6) is 0 Å². The molecule has 11 nitrogen and oxygen atoms in total. The Hall–Kier alpha value is -4.54. The number of benzene rings is 1. The van der Waals surface area contributed by atoms with Gasteiger partial charge in [-0.05, 0) is 30.7 Å². The summed E-state index contributed by atoms with van der Waals surface area (Å²) in [5.74, 6) is 0.470. The van der Waals surface area contributed by atoms with Crippen molar-refractivity contribution < 1.29 is 14.7 Å². The second-order valence-electron chi connectivity index (χ2n) is 7.67. The first-order valence-electron chi connectivity index (χ1n) is 10.3. The molecule has 1 aliphatic heterocycles. The summed E-state index contributed by atoms with van der Waals surface area (Å²) >= 11 is 0. The number of likely N-dealkylation sites (tertiary alicyclic amines) is 1. The van der Waals surface area contributed by atoms with E-state index in [4.69, 9.17) is 10.8 Å². The first kappa shape index (κ1) is 20.4. The Bertz CT molecular complexity index is 1340. The zero-order valence-electron chi connectivity index (χ0n) is 17.4. The summed E-state index contributed by atoms with van der Waals surface area (Å²) in [5, 5.41) is 17.4. The van der Waals surface area contributed by atoms with E-state index in [1.54, 1.807) is 53.3 Å². The molecule has 0 saturated carbocycles. The lowest BCUT2D eigenvalue weighted by Crippen LogP contribution is -2.27. The maximum absolute atomic E-state index is 12.5. The molecule has 1 saturated heterocycles. The number of carboxylic acid groups (broad SMARTS) is 1. The second-order valence-corrected chi connectivity index (χ2v) is 7.67. The Labute approximate surface area is 187 Å². The molecule has 33 heavy (non-hydrogen) atoms. The molecule has 0 spiro atoms. The molecule has 4 N–H and O–H groups in total. The van der Waals surface area contributed by atoms with Crippen molar-refractivity contribution in [3.8, 4) is 11.3 Å². The topological polar surface area (TPSA) is 152 Å². The second kappa shape index (κ2) is 8.19. The van der Waals surface area contributed by atoms with Crippen LogP contribution in [0.3, 0.4) is 0 Å². The number of carbonyl (C=O) groups is 2. The lowest BCUT2D eigenvalue weighted by atomic mass is 10.1. The quantitative estimate of drug-likeness (QED) is 0.434. The van der Waals surface area contributed by atoms with E-state index in [1.165, 1.54) is 11.2 Å². The van der Waals surface area contributed by atoms with Gasteiger partial charge in [-0.15, -0.1) is 0 Å². The minimum Gasteiger partial charge on any atom is -0.465 e. The molecule has 3 aromatic heterocycles. The molecule has 0 aliphatic carbocycles. The third kappa shape index (κ3) is 3.80.